The number of aliphatic carboxylic acids is 2. The highest BCUT2D eigenvalue weighted by atomic mass is 32.2. The number of H-pyrrole nitrogens is 1. The lowest BCUT2D eigenvalue weighted by molar-refractivity contribution is -0.144. The minimum atomic E-state index is -1.58. The summed E-state index contributed by atoms with van der Waals surface area (Å²) in [5.41, 5.74) is 11.4. The zero-order valence-corrected chi connectivity index (χ0v) is 28.3. The number of imidazole rings is 1. The molecule has 1 aromatic heterocycles. The molecule has 2 rings (SSSR count). The van der Waals surface area contributed by atoms with Crippen molar-refractivity contribution < 1.29 is 48.6 Å². The summed E-state index contributed by atoms with van der Waals surface area (Å²) >= 11 is 1.38. The number of aromatic nitrogens is 2. The molecule has 1 fully saturated rings. The Hall–Kier alpha value is -4.72. The minimum Gasteiger partial charge on any atom is -0.481 e. The number of hydrogen-bond acceptors (Lipinski definition) is 11. The quantitative estimate of drug-likeness (QED) is 0.0654. The first-order valence-electron chi connectivity index (χ1n) is 15.5. The van der Waals surface area contributed by atoms with Gasteiger partial charge >= 0.3 is 11.9 Å². The lowest BCUT2D eigenvalue weighted by Crippen LogP contribution is -2.60. The molecular weight excluding hydrogens is 666 g/mol. The van der Waals surface area contributed by atoms with Gasteiger partial charge in [-0.1, -0.05) is 13.8 Å². The van der Waals surface area contributed by atoms with Gasteiger partial charge in [0, 0.05) is 24.9 Å². The van der Waals surface area contributed by atoms with Gasteiger partial charge < -0.3 is 52.8 Å². The average molecular weight is 712 g/mol. The van der Waals surface area contributed by atoms with Gasteiger partial charge in [-0.2, -0.15) is 11.8 Å². The van der Waals surface area contributed by atoms with Crippen LogP contribution in [-0.4, -0.2) is 127 Å². The number of aromatic amines is 1. The molecule has 49 heavy (non-hydrogen) atoms. The molecule has 1 aromatic rings. The fourth-order valence-electron chi connectivity index (χ4n) is 5.08. The Morgan fingerprint density at radius 3 is 2.18 bits per heavy atom. The zero-order chi connectivity index (χ0) is 36.8. The summed E-state index contributed by atoms with van der Waals surface area (Å²) in [5, 5.41) is 28.3. The topological polar surface area (TPSA) is 309 Å². The van der Waals surface area contributed by atoms with Crippen LogP contribution in [0.25, 0.3) is 0 Å². The highest BCUT2D eigenvalue weighted by Gasteiger charge is 2.40. The second-order valence-corrected chi connectivity index (χ2v) is 12.9. The molecule has 1 aliphatic rings. The number of carbonyl (C=O) groups excluding carboxylic acids is 6. The number of thioether (sulfide) groups is 1. The summed E-state index contributed by atoms with van der Waals surface area (Å²) in [6.07, 6.45) is 3.72. The van der Waals surface area contributed by atoms with Crippen LogP contribution in [0.3, 0.4) is 0 Å². The van der Waals surface area contributed by atoms with Crippen LogP contribution in [0.2, 0.25) is 0 Å². The largest absolute Gasteiger partial charge is 0.481 e. The number of carboxylic acids is 2. The SMILES string of the molecule is CSCCC(NC(=O)C(Cc1cnc[nH]1)NC(=O)C(CC(N)=O)NC(=O)C1CCCN1C(=O)C(NC(=O)C(N)CC(=O)O)C(C)C)C(=O)O. The van der Waals surface area contributed by atoms with Gasteiger partial charge in [0.1, 0.15) is 30.2 Å². The number of hydrogen-bond donors (Lipinski definition) is 9. The Balaban J connectivity index is 2.24. The van der Waals surface area contributed by atoms with Crippen molar-refractivity contribution in [2.24, 2.45) is 17.4 Å². The fourth-order valence-corrected chi connectivity index (χ4v) is 5.55. The van der Waals surface area contributed by atoms with E-state index in [9.17, 15) is 43.5 Å². The van der Waals surface area contributed by atoms with Gasteiger partial charge in [-0.15, -0.1) is 0 Å². The second-order valence-electron chi connectivity index (χ2n) is 11.9. The van der Waals surface area contributed by atoms with Crippen molar-refractivity contribution in [1.82, 2.24) is 36.1 Å². The lowest BCUT2D eigenvalue weighted by Gasteiger charge is -2.31. The molecule has 0 saturated carbocycles. The Morgan fingerprint density at radius 1 is 0.980 bits per heavy atom. The summed E-state index contributed by atoms with van der Waals surface area (Å²) in [4.78, 5) is 109. The van der Waals surface area contributed by atoms with E-state index in [2.05, 4.69) is 31.2 Å². The number of rotatable bonds is 20. The van der Waals surface area contributed by atoms with E-state index >= 15 is 0 Å². The summed E-state index contributed by atoms with van der Waals surface area (Å²) < 4.78 is 0. The van der Waals surface area contributed by atoms with Gasteiger partial charge in [-0.3, -0.25) is 33.6 Å². The Kier molecular flexibility index (Phi) is 16.0. The Bertz CT molecular complexity index is 1360. The predicted molar refractivity (Wildman–Crippen MR) is 174 cm³/mol. The van der Waals surface area contributed by atoms with Gasteiger partial charge in [-0.25, -0.2) is 9.78 Å². The van der Waals surface area contributed by atoms with Gasteiger partial charge in [0.15, 0.2) is 0 Å². The number of amides is 6. The van der Waals surface area contributed by atoms with E-state index in [4.69, 9.17) is 16.6 Å². The van der Waals surface area contributed by atoms with Gasteiger partial charge in [0.25, 0.3) is 0 Å². The summed E-state index contributed by atoms with van der Waals surface area (Å²) in [6, 6.07) is -7.87. The molecule has 0 spiro atoms. The number of nitrogens with two attached hydrogens (primary N) is 2. The molecule has 11 N–H and O–H groups in total. The van der Waals surface area contributed by atoms with Crippen LogP contribution >= 0.6 is 11.8 Å². The molecule has 2 heterocycles. The molecule has 272 valence electrons. The molecule has 1 saturated heterocycles. The highest BCUT2D eigenvalue weighted by Crippen LogP contribution is 2.21. The smallest absolute Gasteiger partial charge is 0.326 e. The van der Waals surface area contributed by atoms with E-state index < -0.39 is 102 Å². The van der Waals surface area contributed by atoms with Crippen LogP contribution < -0.4 is 32.7 Å². The van der Waals surface area contributed by atoms with Crippen LogP contribution in [0.4, 0.5) is 0 Å². The van der Waals surface area contributed by atoms with Gasteiger partial charge in [0.2, 0.25) is 35.4 Å². The normalized spacial score (nSPS) is 17.2. The highest BCUT2D eigenvalue weighted by molar-refractivity contribution is 7.98. The van der Waals surface area contributed by atoms with Crippen LogP contribution in [0, 0.1) is 5.92 Å². The number of carbonyl (C=O) groups is 8. The lowest BCUT2D eigenvalue weighted by atomic mass is 10.0. The molecule has 19 nitrogen and oxygen atoms in total. The van der Waals surface area contributed by atoms with E-state index in [1.807, 2.05) is 0 Å². The molecule has 6 amide bonds. The monoisotopic (exact) mass is 711 g/mol. The van der Waals surface area contributed by atoms with Crippen molar-refractivity contribution in [3.8, 4) is 0 Å². The van der Waals surface area contributed by atoms with Crippen molar-refractivity contribution in [2.45, 2.75) is 88.6 Å². The fraction of sp³-hybridized carbons (Fsp3) is 0.621. The number of likely N-dealkylation sites (tertiary alicyclic amines) is 1. The molecule has 0 aromatic carbocycles. The number of nitrogens with zero attached hydrogens (tertiary/aromatic N) is 2. The Morgan fingerprint density at radius 2 is 1.63 bits per heavy atom. The molecule has 20 heteroatoms. The number of primary amides is 1. The van der Waals surface area contributed by atoms with E-state index in [0.717, 1.165) is 0 Å². The van der Waals surface area contributed by atoms with Crippen molar-refractivity contribution in [2.75, 3.05) is 18.6 Å². The van der Waals surface area contributed by atoms with Gasteiger partial charge in [-0.05, 0) is 37.2 Å². The van der Waals surface area contributed by atoms with E-state index in [-0.39, 0.29) is 25.8 Å². The molecule has 6 atom stereocenters. The van der Waals surface area contributed by atoms with E-state index in [0.29, 0.717) is 17.9 Å². The molecule has 0 aliphatic carbocycles. The third-order valence-electron chi connectivity index (χ3n) is 7.68. The van der Waals surface area contributed by atoms with Crippen molar-refractivity contribution in [3.05, 3.63) is 18.2 Å². The molecular formula is C29H45N9O10S. The summed E-state index contributed by atoms with van der Waals surface area (Å²) in [6.45, 7) is 3.40. The van der Waals surface area contributed by atoms with Gasteiger partial charge in [0.05, 0.1) is 25.2 Å². The van der Waals surface area contributed by atoms with Crippen molar-refractivity contribution in [3.63, 3.8) is 0 Å². The van der Waals surface area contributed by atoms with Crippen LogP contribution in [0.1, 0.15) is 51.6 Å². The molecule has 1 aliphatic heterocycles. The van der Waals surface area contributed by atoms with Crippen molar-refractivity contribution >= 4 is 59.1 Å². The van der Waals surface area contributed by atoms with Crippen LogP contribution in [0.5, 0.6) is 0 Å². The molecule has 0 radical (unpaired) electrons. The van der Waals surface area contributed by atoms with E-state index in [1.165, 1.54) is 29.2 Å². The van der Waals surface area contributed by atoms with E-state index in [1.54, 1.807) is 20.1 Å². The average Bonchev–Trinajstić information content (AvgIpc) is 3.72. The third kappa shape index (κ3) is 12.7. The zero-order valence-electron chi connectivity index (χ0n) is 27.5. The summed E-state index contributed by atoms with van der Waals surface area (Å²) in [7, 11) is 0. The summed E-state index contributed by atoms with van der Waals surface area (Å²) in [5.74, 6) is -7.69. The third-order valence-corrected chi connectivity index (χ3v) is 8.32. The number of nitrogens with one attached hydrogen (secondary N) is 5. The maximum atomic E-state index is 13.6. The maximum Gasteiger partial charge on any atom is 0.326 e. The first kappa shape index (κ1) is 40.5. The minimum absolute atomic E-state index is 0.112. The predicted octanol–water partition coefficient (Wildman–Crippen LogP) is -2.95. The second kappa shape index (κ2) is 19.3. The molecule has 0 bridgehead atoms. The van der Waals surface area contributed by atoms with Crippen LogP contribution in [-0.2, 0) is 44.8 Å². The van der Waals surface area contributed by atoms with Crippen molar-refractivity contribution in [1.29, 1.82) is 0 Å². The molecule has 6 unspecified atom stereocenters. The maximum absolute atomic E-state index is 13.6. The first-order chi connectivity index (χ1) is 23.0. The first-order valence-corrected chi connectivity index (χ1v) is 16.9. The van der Waals surface area contributed by atoms with Crippen LogP contribution in [0.15, 0.2) is 12.5 Å². The Labute approximate surface area is 286 Å². The number of carboxylic acid groups (broad SMARTS) is 2. The standard InChI is InChI=1S/C29H45N9O10S/c1-14(2)23(37-24(42)16(30)10-22(40)41)28(46)38-7-4-5-20(38)27(45)36-19(11-21(31)39)26(44)35-18(9-15-12-32-13-33-15)25(43)34-17(29(47)48)6-8-49-3/h12-14,16-20,23H,4-11,30H2,1-3H3,(H2,31,39)(H,32,33)(H,34,43)(H,35,44)(H,36,45)(H,37,42)(H,40,41)(H,47,48).